The van der Waals surface area contributed by atoms with Crippen LogP contribution < -0.4 is 21.9 Å². The van der Waals surface area contributed by atoms with E-state index in [-0.39, 0.29) is 1.43 Å². The molecule has 0 unspecified atom stereocenters. The molecule has 4 aromatic rings. The topological polar surface area (TPSA) is 0 Å². The maximum Gasteiger partial charge on any atom is 1.00 e. The first-order valence-corrected chi connectivity index (χ1v) is 21.2. The highest BCUT2D eigenvalue weighted by molar-refractivity contribution is 9.39. The van der Waals surface area contributed by atoms with Crippen molar-refractivity contribution < 1.29 is 1.43 Å². The maximum absolute atomic E-state index is 3.67. The molecule has 0 spiro atoms. The van der Waals surface area contributed by atoms with Crippen molar-refractivity contribution in [1.82, 2.24) is 0 Å². The summed E-state index contributed by atoms with van der Waals surface area (Å²) in [7, 11) is 0. The van der Waals surface area contributed by atoms with Crippen LogP contribution in [0.1, 0.15) is 23.7 Å². The third kappa shape index (κ3) is 8.60. The minimum Gasteiger partial charge on any atom is -0.195 e. The van der Waals surface area contributed by atoms with E-state index in [9.17, 15) is 0 Å². The molecule has 0 aliphatic carbocycles. The Hall–Kier alpha value is 2.70. The molecule has 0 saturated carbocycles. The summed E-state index contributed by atoms with van der Waals surface area (Å²) >= 11 is 44.1. The highest BCUT2D eigenvalue weighted by atomic mass is 80.0. The average molecular weight is 1320 g/mol. The predicted molar refractivity (Wildman–Crippen MR) is 225 cm³/mol. The normalized spacial score (nSPS) is 13.4. The van der Waals surface area contributed by atoms with Crippen LogP contribution in [0.4, 0.5) is 0 Å². The van der Waals surface area contributed by atoms with Gasteiger partial charge in [0.25, 0.3) is 0 Å². The van der Waals surface area contributed by atoms with Crippen LogP contribution in [0.25, 0.3) is 0 Å². The van der Waals surface area contributed by atoms with Gasteiger partial charge in [-0.15, -0.1) is 0 Å². The summed E-state index contributed by atoms with van der Waals surface area (Å²) in [6.07, 6.45) is -1.62. The van der Waals surface area contributed by atoms with Crippen molar-refractivity contribution in [1.29, 1.82) is 0 Å². The minimum absolute atomic E-state index is 0. The van der Waals surface area contributed by atoms with Gasteiger partial charge in [-0.2, -0.15) is 21.9 Å². The summed E-state index contributed by atoms with van der Waals surface area (Å²) in [6, 6.07) is 34.9. The minimum atomic E-state index is -1.62. The van der Waals surface area contributed by atoms with Crippen molar-refractivity contribution in [3.63, 3.8) is 0 Å². The van der Waals surface area contributed by atoms with Crippen LogP contribution in [-0.2, 0) is 8.57 Å². The molecule has 4 rings (SSSR count). The van der Waals surface area contributed by atoms with Gasteiger partial charge >= 0.3 is 1.43 Å². The van der Waals surface area contributed by atoms with E-state index in [1.54, 1.807) is 0 Å². The van der Waals surface area contributed by atoms with Crippen LogP contribution in [-0.4, -0.2) is 6.15 Å². The van der Waals surface area contributed by atoms with Crippen molar-refractivity contribution in [2.75, 3.05) is 0 Å². The van der Waals surface area contributed by atoms with Gasteiger partial charge in [-0.25, -0.2) is 0 Å². The fourth-order valence-electron chi connectivity index (χ4n) is 5.00. The summed E-state index contributed by atoms with van der Waals surface area (Å²) in [5, 5.41) is 0. The molecule has 0 saturated heterocycles. The Balaban J connectivity index is 0.00000484. The molecule has 0 bridgehead atoms. The second-order valence-electron chi connectivity index (χ2n) is 9.35. The number of alkyl halides is 12. The number of hydrogen-bond acceptors (Lipinski definition) is 0. The third-order valence-electron chi connectivity index (χ3n) is 6.95. The quantitative estimate of drug-likeness (QED) is 0.141. The van der Waals surface area contributed by atoms with Crippen molar-refractivity contribution in [2.24, 2.45) is 0 Å². The van der Waals surface area contributed by atoms with Gasteiger partial charge in [0, 0.05) is 0 Å². The van der Waals surface area contributed by atoms with Gasteiger partial charge in [0.1, 0.15) is 6.15 Å². The summed E-state index contributed by atoms with van der Waals surface area (Å²) in [6.45, 7) is 0. The van der Waals surface area contributed by atoms with Gasteiger partial charge in [-0.1, -0.05) is 288 Å². The average Bonchev–Trinajstić information content (AvgIpc) is 2.88. The Kier molecular flexibility index (Phi) is 12.5. The smallest absolute Gasteiger partial charge is 0.195 e. The number of benzene rings is 4. The fourth-order valence-corrected chi connectivity index (χ4v) is 8.17. The van der Waals surface area contributed by atoms with Crippen LogP contribution in [0.5, 0.6) is 0 Å². The number of rotatable bonds is 4. The zero-order chi connectivity index (χ0) is 30.4. The predicted octanol–water partition coefficient (Wildman–Crippen LogP) is 12.4. The van der Waals surface area contributed by atoms with Gasteiger partial charge in [-0.05, 0) is 22.3 Å². The molecule has 0 aromatic heterocycles. The summed E-state index contributed by atoms with van der Waals surface area (Å²) in [5.41, 5.74) is 8.97. The molecule has 0 aliphatic heterocycles. The van der Waals surface area contributed by atoms with Crippen molar-refractivity contribution in [3.05, 3.63) is 119 Å². The highest BCUT2D eigenvalue weighted by Gasteiger charge is 2.34. The first kappa shape index (κ1) is 36.5. The maximum atomic E-state index is 3.67. The van der Waals surface area contributed by atoms with Gasteiger partial charge in [0.05, 0.1) is 0 Å². The third-order valence-corrected chi connectivity index (χ3v) is 12.4. The Morgan fingerprint density at radius 3 is 0.561 bits per heavy atom. The molecule has 216 valence electrons. The number of hydrogen-bond donors (Lipinski definition) is 0. The summed E-state index contributed by atoms with van der Waals surface area (Å²) in [4.78, 5) is 0. The van der Waals surface area contributed by atoms with Gasteiger partial charge in [0.2, 0.25) is 0 Å². The highest BCUT2D eigenvalue weighted by Crippen LogP contribution is 2.46. The molecule has 0 fully saturated rings. The standard InChI is InChI=1S/C28H16BBr12/c30-25(31,32)17-1-9-21(10-2-17)29(22-11-3-18(4-12-22)26(33,34)35,23-13-5-19(6-14-23)27(36,37)38)24-15-7-20(8-16-24)28(39,40)41/h1-16H/q-1/p+1. The van der Waals surface area contributed by atoms with Crippen LogP contribution in [0, 0.1) is 0 Å². The zero-order valence-electron chi connectivity index (χ0n) is 21.4. The van der Waals surface area contributed by atoms with E-state index >= 15 is 0 Å². The van der Waals surface area contributed by atoms with Crippen LogP contribution in [0.15, 0.2) is 97.1 Å². The van der Waals surface area contributed by atoms with Crippen molar-refractivity contribution >= 4 is 219 Å². The van der Waals surface area contributed by atoms with Crippen molar-refractivity contribution in [3.8, 4) is 0 Å². The van der Waals surface area contributed by atoms with Crippen LogP contribution >= 0.6 is 191 Å². The van der Waals surface area contributed by atoms with Gasteiger partial charge in [0.15, 0.2) is 8.57 Å². The Morgan fingerprint density at radius 1 is 0.293 bits per heavy atom. The first-order chi connectivity index (χ1) is 18.8. The Bertz CT molecular complexity index is 1250. The van der Waals surface area contributed by atoms with E-state index in [0.717, 1.165) is 22.3 Å². The molecule has 4 aromatic carbocycles. The molecular formula is C28H17BBr12. The molecule has 0 amide bonds. The lowest BCUT2D eigenvalue weighted by molar-refractivity contribution is 1.36. The molecule has 0 atom stereocenters. The largest absolute Gasteiger partial charge is 1.00 e. The SMILES string of the molecule is BrC(Br)(Br)c1ccc([B-](c2ccc(C(Br)(Br)Br)cc2)(c2ccc(C(Br)(Br)Br)cc2)c2ccc(C(Br)(Br)Br)cc2)cc1.[H+]. The fraction of sp³-hybridized carbons (Fsp3) is 0.143. The van der Waals surface area contributed by atoms with Gasteiger partial charge < -0.3 is 0 Å². The van der Waals surface area contributed by atoms with E-state index in [4.69, 9.17) is 0 Å². The second kappa shape index (κ2) is 14.1. The number of halogens is 12. The zero-order valence-corrected chi connectivity index (χ0v) is 39.4. The second-order valence-corrected chi connectivity index (χ2v) is 36.4. The molecular weight excluding hydrogens is 1310 g/mol. The summed E-state index contributed by atoms with van der Waals surface area (Å²) in [5.74, 6) is 0. The van der Waals surface area contributed by atoms with E-state index < -0.39 is 14.7 Å². The molecule has 41 heavy (non-hydrogen) atoms. The molecule has 0 nitrogen and oxygen atoms in total. The lowest BCUT2D eigenvalue weighted by atomic mass is 9.13. The lowest BCUT2D eigenvalue weighted by Crippen LogP contribution is -2.74. The molecule has 13 heteroatoms. The monoisotopic (exact) mass is 1310 g/mol. The lowest BCUT2D eigenvalue weighted by Gasteiger charge is -2.45. The van der Waals surface area contributed by atoms with Crippen LogP contribution in [0.3, 0.4) is 0 Å². The van der Waals surface area contributed by atoms with E-state index in [1.165, 1.54) is 21.9 Å². The Labute approximate surface area is 343 Å². The van der Waals surface area contributed by atoms with Gasteiger partial charge in [-0.3, -0.25) is 0 Å². The summed E-state index contributed by atoms with van der Waals surface area (Å²) < 4.78 is -2.03. The first-order valence-electron chi connectivity index (χ1n) is 11.7. The molecule has 0 heterocycles. The van der Waals surface area contributed by atoms with Crippen LogP contribution in [0.2, 0.25) is 0 Å². The van der Waals surface area contributed by atoms with E-state index in [0.29, 0.717) is 0 Å². The Morgan fingerprint density at radius 2 is 0.439 bits per heavy atom. The van der Waals surface area contributed by atoms with Crippen molar-refractivity contribution in [2.45, 2.75) is 8.57 Å². The molecule has 0 N–H and O–H groups in total. The molecule has 0 radical (unpaired) electrons. The van der Waals surface area contributed by atoms with E-state index in [2.05, 4.69) is 288 Å². The molecule has 0 aliphatic rings. The van der Waals surface area contributed by atoms with E-state index in [1.807, 2.05) is 0 Å².